The third kappa shape index (κ3) is 2.89. The maximum atomic E-state index is 13.0. The minimum atomic E-state index is -0.222. The van der Waals surface area contributed by atoms with Gasteiger partial charge in [-0.3, -0.25) is 4.79 Å². The van der Waals surface area contributed by atoms with E-state index in [-0.39, 0.29) is 18.0 Å². The average Bonchev–Trinajstić information content (AvgIpc) is 3.04. The van der Waals surface area contributed by atoms with Gasteiger partial charge in [0, 0.05) is 37.9 Å². The van der Waals surface area contributed by atoms with Crippen LogP contribution in [0.4, 0.5) is 4.79 Å². The van der Waals surface area contributed by atoms with Crippen molar-refractivity contribution in [1.82, 2.24) is 24.4 Å². The number of likely N-dealkylation sites (tertiary alicyclic amines) is 1. The molecule has 2 aliphatic rings. The van der Waals surface area contributed by atoms with Crippen molar-refractivity contribution in [1.29, 1.82) is 0 Å². The molecule has 2 aliphatic heterocycles. The van der Waals surface area contributed by atoms with E-state index in [4.69, 9.17) is 4.74 Å². The van der Waals surface area contributed by atoms with Crippen molar-refractivity contribution in [3.63, 3.8) is 0 Å². The number of carbonyl (C=O) groups excluding carboxylic acids is 2. The van der Waals surface area contributed by atoms with E-state index in [2.05, 4.69) is 10.1 Å². The number of aryl methyl sites for hydroxylation is 2. The summed E-state index contributed by atoms with van der Waals surface area (Å²) in [7, 11) is 0. The van der Waals surface area contributed by atoms with Crippen molar-refractivity contribution in [3.8, 4) is 0 Å². The summed E-state index contributed by atoms with van der Waals surface area (Å²) in [6, 6.07) is 2.05. The average molecular weight is 357 g/mol. The summed E-state index contributed by atoms with van der Waals surface area (Å²) >= 11 is 0. The van der Waals surface area contributed by atoms with Crippen molar-refractivity contribution < 1.29 is 14.3 Å². The summed E-state index contributed by atoms with van der Waals surface area (Å²) in [6.07, 6.45) is 3.84. The molecule has 4 heterocycles. The molecular weight excluding hydrogens is 334 g/mol. The second kappa shape index (κ2) is 6.59. The molecule has 0 bridgehead atoms. The molecule has 0 aliphatic carbocycles. The summed E-state index contributed by atoms with van der Waals surface area (Å²) < 4.78 is 6.86. The first-order valence-electron chi connectivity index (χ1n) is 9.09. The van der Waals surface area contributed by atoms with Gasteiger partial charge in [-0.1, -0.05) is 0 Å². The maximum absolute atomic E-state index is 13.0. The molecule has 2 saturated heterocycles. The molecular formula is C18H23N5O3. The highest BCUT2D eigenvalue weighted by atomic mass is 16.6. The molecule has 0 spiro atoms. The number of hydrogen-bond donors (Lipinski definition) is 0. The molecule has 0 unspecified atom stereocenters. The first-order valence-corrected chi connectivity index (χ1v) is 9.09. The van der Waals surface area contributed by atoms with Gasteiger partial charge in [-0.15, -0.1) is 0 Å². The number of carbonyl (C=O) groups is 2. The lowest BCUT2D eigenvalue weighted by Gasteiger charge is -2.39. The second-order valence-corrected chi connectivity index (χ2v) is 7.00. The molecule has 2 aromatic heterocycles. The molecule has 0 aromatic carbocycles. The first-order chi connectivity index (χ1) is 12.5. The van der Waals surface area contributed by atoms with Crippen molar-refractivity contribution in [2.75, 3.05) is 26.2 Å². The Morgan fingerprint density at radius 2 is 2.00 bits per heavy atom. The van der Waals surface area contributed by atoms with Gasteiger partial charge in [0.1, 0.15) is 0 Å². The summed E-state index contributed by atoms with van der Waals surface area (Å²) in [6.45, 7) is 6.31. The van der Waals surface area contributed by atoms with Crippen LogP contribution in [-0.4, -0.2) is 68.7 Å². The highest BCUT2D eigenvalue weighted by molar-refractivity contribution is 5.95. The minimum absolute atomic E-state index is 0.0234. The standard InChI is InChI=1S/C18H23N5O3/c1-12-10-16-19-11-15(13(2)23(16)20-12)17(24)21-7-4-14(5-8-21)22-6-3-9-26-18(22)25/h10-11,14H,3-9H2,1-2H3. The number of amides is 2. The van der Waals surface area contributed by atoms with Crippen LogP contribution in [0.25, 0.3) is 5.65 Å². The van der Waals surface area contributed by atoms with Gasteiger partial charge >= 0.3 is 6.09 Å². The number of aromatic nitrogens is 3. The largest absolute Gasteiger partial charge is 0.449 e. The van der Waals surface area contributed by atoms with Crippen LogP contribution in [-0.2, 0) is 4.74 Å². The van der Waals surface area contributed by atoms with E-state index in [1.54, 1.807) is 10.7 Å². The predicted molar refractivity (Wildman–Crippen MR) is 94.1 cm³/mol. The van der Waals surface area contributed by atoms with E-state index in [0.29, 0.717) is 25.3 Å². The fourth-order valence-electron chi connectivity index (χ4n) is 3.82. The Morgan fingerprint density at radius 1 is 1.23 bits per heavy atom. The number of fused-ring (bicyclic) bond motifs is 1. The molecule has 0 N–H and O–H groups in total. The van der Waals surface area contributed by atoms with E-state index >= 15 is 0 Å². The van der Waals surface area contributed by atoms with Crippen molar-refractivity contribution >= 4 is 17.6 Å². The number of piperidine rings is 1. The Morgan fingerprint density at radius 3 is 2.73 bits per heavy atom. The molecule has 2 aromatic rings. The molecule has 2 amide bonds. The van der Waals surface area contributed by atoms with Crippen molar-refractivity contribution in [2.45, 2.75) is 39.2 Å². The van der Waals surface area contributed by atoms with Crippen LogP contribution < -0.4 is 0 Å². The lowest BCUT2D eigenvalue weighted by Crippen LogP contribution is -2.51. The van der Waals surface area contributed by atoms with Gasteiger partial charge in [-0.05, 0) is 33.1 Å². The third-order valence-electron chi connectivity index (χ3n) is 5.27. The second-order valence-electron chi connectivity index (χ2n) is 7.00. The van der Waals surface area contributed by atoms with Crippen LogP contribution >= 0.6 is 0 Å². The van der Waals surface area contributed by atoms with Gasteiger partial charge in [0.25, 0.3) is 5.91 Å². The lowest BCUT2D eigenvalue weighted by molar-refractivity contribution is 0.0356. The summed E-state index contributed by atoms with van der Waals surface area (Å²) in [5.41, 5.74) is 3.00. The maximum Gasteiger partial charge on any atom is 0.410 e. The topological polar surface area (TPSA) is 80.0 Å². The van der Waals surface area contributed by atoms with Gasteiger partial charge in [-0.25, -0.2) is 14.3 Å². The van der Waals surface area contributed by atoms with Crippen molar-refractivity contribution in [2.24, 2.45) is 0 Å². The molecule has 26 heavy (non-hydrogen) atoms. The monoisotopic (exact) mass is 357 g/mol. The molecule has 2 fully saturated rings. The van der Waals surface area contributed by atoms with E-state index in [1.165, 1.54) is 0 Å². The molecule has 8 nitrogen and oxygen atoms in total. The first kappa shape index (κ1) is 16.8. The Kier molecular flexibility index (Phi) is 4.26. The van der Waals surface area contributed by atoms with Crippen molar-refractivity contribution in [3.05, 3.63) is 29.2 Å². The Balaban J connectivity index is 1.47. The van der Waals surface area contributed by atoms with Gasteiger partial charge in [0.05, 0.1) is 23.6 Å². The van der Waals surface area contributed by atoms with Gasteiger partial charge in [0.15, 0.2) is 5.65 Å². The van der Waals surface area contributed by atoms with Crippen LogP contribution in [0, 0.1) is 13.8 Å². The molecule has 138 valence electrons. The van der Waals surface area contributed by atoms with E-state index in [9.17, 15) is 9.59 Å². The number of rotatable bonds is 2. The molecule has 0 saturated carbocycles. The number of ether oxygens (including phenoxy) is 1. The SMILES string of the molecule is Cc1cc2ncc(C(=O)N3CCC(N4CCCOC4=O)CC3)c(C)n2n1. The van der Waals surface area contributed by atoms with Crippen LogP contribution in [0.3, 0.4) is 0 Å². The number of cyclic esters (lactones) is 1. The quantitative estimate of drug-likeness (QED) is 0.819. The van der Waals surface area contributed by atoms with E-state index in [0.717, 1.165) is 42.8 Å². The highest BCUT2D eigenvalue weighted by Gasteiger charge is 2.32. The zero-order valence-corrected chi connectivity index (χ0v) is 15.1. The summed E-state index contributed by atoms with van der Waals surface area (Å²) in [5.74, 6) is -0.0234. The smallest absolute Gasteiger partial charge is 0.410 e. The normalized spacial score (nSPS) is 19.1. The molecule has 0 radical (unpaired) electrons. The van der Waals surface area contributed by atoms with Gasteiger partial charge in [-0.2, -0.15) is 5.10 Å². The fraction of sp³-hybridized carbons (Fsp3) is 0.556. The van der Waals surface area contributed by atoms with Crippen LogP contribution in [0.15, 0.2) is 12.3 Å². The highest BCUT2D eigenvalue weighted by Crippen LogP contribution is 2.22. The van der Waals surface area contributed by atoms with Crippen LogP contribution in [0.1, 0.15) is 41.0 Å². The molecule has 8 heteroatoms. The van der Waals surface area contributed by atoms with Gasteiger partial charge < -0.3 is 14.5 Å². The third-order valence-corrected chi connectivity index (χ3v) is 5.27. The summed E-state index contributed by atoms with van der Waals surface area (Å²) in [5, 5.41) is 4.41. The molecule has 4 rings (SSSR count). The Hall–Kier alpha value is -2.64. The van der Waals surface area contributed by atoms with Crippen LogP contribution in [0.2, 0.25) is 0 Å². The summed E-state index contributed by atoms with van der Waals surface area (Å²) in [4.78, 5) is 32.9. The number of nitrogens with zero attached hydrogens (tertiary/aromatic N) is 5. The van der Waals surface area contributed by atoms with E-state index < -0.39 is 0 Å². The Labute approximate surface area is 151 Å². The fourth-order valence-corrected chi connectivity index (χ4v) is 3.82. The molecule has 0 atom stereocenters. The zero-order chi connectivity index (χ0) is 18.3. The lowest BCUT2D eigenvalue weighted by atomic mass is 10.0. The van der Waals surface area contributed by atoms with Gasteiger partial charge in [0.2, 0.25) is 0 Å². The predicted octanol–water partition coefficient (Wildman–Crippen LogP) is 1.79. The minimum Gasteiger partial charge on any atom is -0.449 e. The van der Waals surface area contributed by atoms with E-state index in [1.807, 2.05) is 29.7 Å². The Bertz CT molecular complexity index is 854. The van der Waals surface area contributed by atoms with Crippen LogP contribution in [0.5, 0.6) is 0 Å². The zero-order valence-electron chi connectivity index (χ0n) is 15.1. The number of hydrogen-bond acceptors (Lipinski definition) is 5.